The van der Waals surface area contributed by atoms with Gasteiger partial charge in [0.05, 0.1) is 23.2 Å². The summed E-state index contributed by atoms with van der Waals surface area (Å²) in [6, 6.07) is 11.3. The van der Waals surface area contributed by atoms with Crippen molar-refractivity contribution in [2.45, 2.75) is 12.5 Å². The number of hydrogen-bond acceptors (Lipinski definition) is 4. The molecule has 0 radical (unpaired) electrons. The Morgan fingerprint density at radius 3 is 2.86 bits per heavy atom. The Kier molecular flexibility index (Phi) is 4.18. The van der Waals surface area contributed by atoms with E-state index in [0.29, 0.717) is 23.8 Å². The SMILES string of the molecule is O=C(Oc1cncc(Cl)c1)C1CCOC1c1ccccc1. The Bertz CT molecular complexity index is 632. The molecule has 0 amide bonds. The first-order valence-corrected chi connectivity index (χ1v) is 7.10. The number of pyridine rings is 1. The van der Waals surface area contributed by atoms with Crippen molar-refractivity contribution in [3.8, 4) is 5.75 Å². The van der Waals surface area contributed by atoms with Gasteiger partial charge in [0.15, 0.2) is 5.75 Å². The van der Waals surface area contributed by atoms with Crippen LogP contribution in [0, 0.1) is 5.92 Å². The summed E-state index contributed by atoms with van der Waals surface area (Å²) in [5, 5.41) is 0.433. The molecule has 0 aliphatic carbocycles. The van der Waals surface area contributed by atoms with Crippen molar-refractivity contribution >= 4 is 17.6 Å². The van der Waals surface area contributed by atoms with E-state index in [1.165, 1.54) is 12.4 Å². The summed E-state index contributed by atoms with van der Waals surface area (Å²) in [7, 11) is 0. The van der Waals surface area contributed by atoms with E-state index < -0.39 is 0 Å². The molecular weight excluding hydrogens is 290 g/mol. The van der Waals surface area contributed by atoms with Crippen LogP contribution in [-0.4, -0.2) is 17.6 Å². The molecule has 1 aliphatic rings. The molecule has 1 saturated heterocycles. The second kappa shape index (κ2) is 6.24. The van der Waals surface area contributed by atoms with Gasteiger partial charge in [-0.1, -0.05) is 41.9 Å². The third-order valence-electron chi connectivity index (χ3n) is 3.42. The molecule has 0 spiro atoms. The zero-order chi connectivity index (χ0) is 14.7. The number of carbonyl (C=O) groups excluding carboxylic acids is 1. The standard InChI is InChI=1S/C16H14ClNO3/c17-12-8-13(10-18-9-12)21-16(19)14-6-7-20-15(14)11-4-2-1-3-5-11/h1-5,8-10,14-15H,6-7H2. The lowest BCUT2D eigenvalue weighted by atomic mass is 9.95. The Morgan fingerprint density at radius 2 is 2.10 bits per heavy atom. The van der Waals surface area contributed by atoms with E-state index >= 15 is 0 Å². The largest absolute Gasteiger partial charge is 0.425 e. The Hall–Kier alpha value is -1.91. The maximum absolute atomic E-state index is 12.3. The number of benzene rings is 1. The van der Waals surface area contributed by atoms with E-state index in [0.717, 1.165) is 5.56 Å². The minimum Gasteiger partial charge on any atom is -0.425 e. The molecule has 4 nitrogen and oxygen atoms in total. The molecule has 3 rings (SSSR count). The van der Waals surface area contributed by atoms with Crippen molar-refractivity contribution in [2.24, 2.45) is 5.92 Å². The number of aromatic nitrogens is 1. The van der Waals surface area contributed by atoms with Crippen LogP contribution in [0.4, 0.5) is 0 Å². The Labute approximate surface area is 127 Å². The molecule has 21 heavy (non-hydrogen) atoms. The molecule has 1 fully saturated rings. The van der Waals surface area contributed by atoms with Crippen LogP contribution in [0.15, 0.2) is 48.8 Å². The van der Waals surface area contributed by atoms with Gasteiger partial charge in [0.25, 0.3) is 0 Å². The lowest BCUT2D eigenvalue weighted by molar-refractivity contribution is -0.140. The third-order valence-corrected chi connectivity index (χ3v) is 3.63. The van der Waals surface area contributed by atoms with Crippen molar-refractivity contribution in [2.75, 3.05) is 6.61 Å². The van der Waals surface area contributed by atoms with E-state index in [2.05, 4.69) is 4.98 Å². The first-order valence-electron chi connectivity index (χ1n) is 6.73. The highest BCUT2D eigenvalue weighted by molar-refractivity contribution is 6.30. The van der Waals surface area contributed by atoms with Gasteiger partial charge in [0.2, 0.25) is 0 Å². The van der Waals surface area contributed by atoms with Crippen molar-refractivity contribution in [3.63, 3.8) is 0 Å². The summed E-state index contributed by atoms with van der Waals surface area (Å²) in [5.41, 5.74) is 0.987. The molecule has 1 aromatic heterocycles. The number of nitrogens with zero attached hydrogens (tertiary/aromatic N) is 1. The molecule has 2 aromatic rings. The predicted molar refractivity (Wildman–Crippen MR) is 78.1 cm³/mol. The quantitative estimate of drug-likeness (QED) is 0.815. The smallest absolute Gasteiger partial charge is 0.317 e. The zero-order valence-electron chi connectivity index (χ0n) is 11.2. The molecule has 2 unspecified atom stereocenters. The van der Waals surface area contributed by atoms with Gasteiger partial charge < -0.3 is 9.47 Å². The average Bonchev–Trinajstić information content (AvgIpc) is 2.98. The second-order valence-corrected chi connectivity index (χ2v) is 5.29. The number of ether oxygens (including phenoxy) is 2. The van der Waals surface area contributed by atoms with Gasteiger partial charge in [0, 0.05) is 18.9 Å². The average molecular weight is 304 g/mol. The summed E-state index contributed by atoms with van der Waals surface area (Å²) >= 11 is 5.83. The first kappa shape index (κ1) is 14.0. The highest BCUT2D eigenvalue weighted by atomic mass is 35.5. The monoisotopic (exact) mass is 303 g/mol. The summed E-state index contributed by atoms with van der Waals surface area (Å²) in [5.74, 6) is -0.275. The minimum absolute atomic E-state index is 0.258. The summed E-state index contributed by atoms with van der Waals surface area (Å²) in [6.45, 7) is 0.549. The van der Waals surface area contributed by atoms with Crippen LogP contribution >= 0.6 is 11.6 Å². The maximum atomic E-state index is 12.3. The molecule has 1 aliphatic heterocycles. The lowest BCUT2D eigenvalue weighted by Crippen LogP contribution is -2.23. The normalized spacial score (nSPS) is 21.2. The molecule has 0 N–H and O–H groups in total. The van der Waals surface area contributed by atoms with Gasteiger partial charge in [-0.05, 0) is 12.0 Å². The zero-order valence-corrected chi connectivity index (χ0v) is 12.0. The van der Waals surface area contributed by atoms with Gasteiger partial charge in [-0.3, -0.25) is 9.78 Å². The van der Waals surface area contributed by atoms with Gasteiger partial charge in [0.1, 0.15) is 0 Å². The number of hydrogen-bond donors (Lipinski definition) is 0. The lowest BCUT2D eigenvalue weighted by Gasteiger charge is -2.17. The molecule has 2 atom stereocenters. The number of halogens is 1. The van der Waals surface area contributed by atoms with E-state index in [1.807, 2.05) is 30.3 Å². The third kappa shape index (κ3) is 3.23. The summed E-state index contributed by atoms with van der Waals surface area (Å²) < 4.78 is 11.1. The number of rotatable bonds is 3. The molecular formula is C16H14ClNO3. The van der Waals surface area contributed by atoms with Crippen LogP contribution in [-0.2, 0) is 9.53 Å². The van der Waals surface area contributed by atoms with E-state index in [9.17, 15) is 4.79 Å². The van der Waals surface area contributed by atoms with Crippen LogP contribution in [0.2, 0.25) is 5.02 Å². The Balaban J connectivity index is 1.74. The van der Waals surface area contributed by atoms with Crippen LogP contribution < -0.4 is 4.74 Å². The fraction of sp³-hybridized carbons (Fsp3) is 0.250. The summed E-state index contributed by atoms with van der Waals surface area (Å²) in [6.07, 6.45) is 3.35. The second-order valence-electron chi connectivity index (χ2n) is 4.86. The molecule has 1 aromatic carbocycles. The van der Waals surface area contributed by atoms with Crippen LogP contribution in [0.25, 0.3) is 0 Å². The first-order chi connectivity index (χ1) is 10.2. The fourth-order valence-electron chi connectivity index (χ4n) is 2.44. The summed E-state index contributed by atoms with van der Waals surface area (Å²) in [4.78, 5) is 16.2. The number of esters is 1. The maximum Gasteiger partial charge on any atom is 0.317 e. The van der Waals surface area contributed by atoms with E-state index in [-0.39, 0.29) is 18.0 Å². The van der Waals surface area contributed by atoms with E-state index in [1.54, 1.807) is 6.07 Å². The highest BCUT2D eigenvalue weighted by Gasteiger charge is 2.36. The molecule has 2 heterocycles. The van der Waals surface area contributed by atoms with Crippen LogP contribution in [0.3, 0.4) is 0 Å². The molecule has 108 valence electrons. The van der Waals surface area contributed by atoms with Gasteiger partial charge >= 0.3 is 5.97 Å². The van der Waals surface area contributed by atoms with Crippen molar-refractivity contribution in [1.29, 1.82) is 0 Å². The van der Waals surface area contributed by atoms with Crippen molar-refractivity contribution < 1.29 is 14.3 Å². The highest BCUT2D eigenvalue weighted by Crippen LogP contribution is 2.35. The van der Waals surface area contributed by atoms with Crippen molar-refractivity contribution in [1.82, 2.24) is 4.98 Å². The van der Waals surface area contributed by atoms with Gasteiger partial charge in [-0.15, -0.1) is 0 Å². The van der Waals surface area contributed by atoms with Crippen molar-refractivity contribution in [3.05, 3.63) is 59.4 Å². The topological polar surface area (TPSA) is 48.4 Å². The van der Waals surface area contributed by atoms with E-state index in [4.69, 9.17) is 21.1 Å². The number of carbonyl (C=O) groups is 1. The minimum atomic E-state index is -0.314. The molecule has 0 saturated carbocycles. The predicted octanol–water partition coefficient (Wildman–Crippen LogP) is 3.42. The molecule has 5 heteroatoms. The van der Waals surface area contributed by atoms with Crippen LogP contribution in [0.5, 0.6) is 5.75 Å². The molecule has 0 bridgehead atoms. The van der Waals surface area contributed by atoms with Gasteiger partial charge in [-0.25, -0.2) is 0 Å². The Morgan fingerprint density at radius 1 is 1.29 bits per heavy atom. The fourth-order valence-corrected chi connectivity index (χ4v) is 2.61. The van der Waals surface area contributed by atoms with Crippen LogP contribution in [0.1, 0.15) is 18.1 Å². The van der Waals surface area contributed by atoms with Gasteiger partial charge in [-0.2, -0.15) is 0 Å².